The van der Waals surface area contributed by atoms with Crippen molar-refractivity contribution in [2.45, 2.75) is 30.2 Å². The van der Waals surface area contributed by atoms with Crippen molar-refractivity contribution in [2.75, 3.05) is 26.2 Å². The van der Waals surface area contributed by atoms with Crippen molar-refractivity contribution >= 4 is 18.5 Å². The van der Waals surface area contributed by atoms with Crippen LogP contribution in [0, 0.1) is 0 Å². The molecule has 1 aromatic carbocycles. The van der Waals surface area contributed by atoms with E-state index in [0.29, 0.717) is 6.04 Å². The summed E-state index contributed by atoms with van der Waals surface area (Å²) in [4.78, 5) is 17.9. The van der Waals surface area contributed by atoms with Gasteiger partial charge in [-0.3, -0.25) is 9.69 Å². The van der Waals surface area contributed by atoms with Crippen LogP contribution in [-0.4, -0.2) is 47.9 Å². The number of carbonyl (C=O) groups is 1. The molecule has 0 spiro atoms. The van der Waals surface area contributed by atoms with Crippen molar-refractivity contribution < 1.29 is 4.79 Å². The molecule has 1 atom stereocenters. The fraction of sp³-hybridized carbons (Fsp3) is 0.533. The Hall–Kier alpha value is -1.00. The van der Waals surface area contributed by atoms with Gasteiger partial charge in [-0.15, -0.1) is 12.6 Å². The Morgan fingerprint density at radius 2 is 2.00 bits per heavy atom. The quantitative estimate of drug-likeness (QED) is 0.796. The Balaban J connectivity index is 1.73. The standard InChI is InChI=1S/C15H20N2OS/c18-15(13-6-1-2-7-14(13)19)17-10-9-16-8-4-3-5-12(16)11-17/h1-2,6-7,12,19H,3-5,8-11H2. The van der Waals surface area contributed by atoms with Gasteiger partial charge in [-0.2, -0.15) is 0 Å². The van der Waals surface area contributed by atoms with Crippen LogP contribution in [0.15, 0.2) is 29.2 Å². The zero-order valence-corrected chi connectivity index (χ0v) is 12.0. The van der Waals surface area contributed by atoms with E-state index in [4.69, 9.17) is 0 Å². The number of carbonyl (C=O) groups excluding carboxylic acids is 1. The molecule has 1 unspecified atom stereocenters. The first-order chi connectivity index (χ1) is 9.25. The molecule has 0 aliphatic carbocycles. The van der Waals surface area contributed by atoms with Gasteiger partial charge in [-0.1, -0.05) is 18.6 Å². The minimum absolute atomic E-state index is 0.135. The normalized spacial score (nSPS) is 24.1. The molecule has 1 amide bonds. The summed E-state index contributed by atoms with van der Waals surface area (Å²) in [5.41, 5.74) is 0.732. The van der Waals surface area contributed by atoms with E-state index in [1.807, 2.05) is 29.2 Å². The second-order valence-corrected chi connectivity index (χ2v) is 5.94. The number of amides is 1. The van der Waals surface area contributed by atoms with Gasteiger partial charge in [0.1, 0.15) is 0 Å². The van der Waals surface area contributed by atoms with Gasteiger partial charge in [-0.25, -0.2) is 0 Å². The number of hydrogen-bond acceptors (Lipinski definition) is 3. The van der Waals surface area contributed by atoms with Gasteiger partial charge in [0.2, 0.25) is 0 Å². The van der Waals surface area contributed by atoms with Crippen molar-refractivity contribution in [1.82, 2.24) is 9.80 Å². The Morgan fingerprint density at radius 3 is 2.84 bits per heavy atom. The van der Waals surface area contributed by atoms with Gasteiger partial charge >= 0.3 is 0 Å². The summed E-state index contributed by atoms with van der Waals surface area (Å²) in [5, 5.41) is 0. The number of nitrogens with zero attached hydrogens (tertiary/aromatic N) is 2. The predicted molar refractivity (Wildman–Crippen MR) is 78.8 cm³/mol. The highest BCUT2D eigenvalue weighted by Crippen LogP contribution is 2.23. The van der Waals surface area contributed by atoms with Crippen molar-refractivity contribution in [3.63, 3.8) is 0 Å². The van der Waals surface area contributed by atoms with Crippen LogP contribution in [0.3, 0.4) is 0 Å². The number of hydrogen-bond donors (Lipinski definition) is 1. The molecule has 0 radical (unpaired) electrons. The number of benzene rings is 1. The highest BCUT2D eigenvalue weighted by molar-refractivity contribution is 7.80. The minimum Gasteiger partial charge on any atom is -0.336 e. The van der Waals surface area contributed by atoms with Crippen LogP contribution < -0.4 is 0 Å². The number of piperidine rings is 1. The lowest BCUT2D eigenvalue weighted by molar-refractivity contribution is 0.0370. The largest absolute Gasteiger partial charge is 0.336 e. The summed E-state index contributed by atoms with van der Waals surface area (Å²) < 4.78 is 0. The van der Waals surface area contributed by atoms with E-state index < -0.39 is 0 Å². The lowest BCUT2D eigenvalue weighted by atomic mass is 9.99. The van der Waals surface area contributed by atoms with Gasteiger partial charge in [0.05, 0.1) is 5.56 Å². The number of thiol groups is 1. The summed E-state index contributed by atoms with van der Waals surface area (Å²) in [5.74, 6) is 0.135. The van der Waals surface area contributed by atoms with Crippen molar-refractivity contribution in [3.8, 4) is 0 Å². The summed E-state index contributed by atoms with van der Waals surface area (Å²) >= 11 is 4.39. The summed E-state index contributed by atoms with van der Waals surface area (Å²) in [6.07, 6.45) is 3.84. The first kappa shape index (κ1) is 13.0. The van der Waals surface area contributed by atoms with Crippen molar-refractivity contribution in [1.29, 1.82) is 0 Å². The van der Waals surface area contributed by atoms with E-state index in [-0.39, 0.29) is 5.91 Å². The molecule has 2 saturated heterocycles. The topological polar surface area (TPSA) is 23.6 Å². The second kappa shape index (κ2) is 5.55. The van der Waals surface area contributed by atoms with Crippen molar-refractivity contribution in [3.05, 3.63) is 29.8 Å². The molecule has 19 heavy (non-hydrogen) atoms. The number of piperazine rings is 1. The molecule has 3 rings (SSSR count). The lowest BCUT2D eigenvalue weighted by Crippen LogP contribution is -2.56. The first-order valence-electron chi connectivity index (χ1n) is 7.07. The average Bonchev–Trinajstić information content (AvgIpc) is 2.46. The van der Waals surface area contributed by atoms with E-state index in [0.717, 1.165) is 30.1 Å². The molecular weight excluding hydrogens is 256 g/mol. The van der Waals surface area contributed by atoms with Crippen LogP contribution in [0.4, 0.5) is 0 Å². The van der Waals surface area contributed by atoms with Crippen LogP contribution in [0.1, 0.15) is 29.6 Å². The van der Waals surface area contributed by atoms with Crippen LogP contribution in [0.2, 0.25) is 0 Å². The third kappa shape index (κ3) is 2.65. The SMILES string of the molecule is O=C(c1ccccc1S)N1CCN2CCCCC2C1. The number of fused-ring (bicyclic) bond motifs is 1. The van der Waals surface area contributed by atoms with Crippen LogP contribution in [-0.2, 0) is 0 Å². The fourth-order valence-corrected chi connectivity index (χ4v) is 3.42. The molecule has 0 bridgehead atoms. The summed E-state index contributed by atoms with van der Waals surface area (Å²) in [7, 11) is 0. The fourth-order valence-electron chi connectivity index (χ4n) is 3.17. The average molecular weight is 276 g/mol. The molecule has 102 valence electrons. The van der Waals surface area contributed by atoms with Crippen molar-refractivity contribution in [2.24, 2.45) is 0 Å². The maximum absolute atomic E-state index is 12.6. The Kier molecular flexibility index (Phi) is 3.80. The highest BCUT2D eigenvalue weighted by atomic mass is 32.1. The van der Waals surface area contributed by atoms with E-state index in [1.54, 1.807) is 0 Å². The molecule has 1 aromatic rings. The van der Waals surface area contributed by atoms with Crippen LogP contribution in [0.25, 0.3) is 0 Å². The molecule has 0 saturated carbocycles. The van der Waals surface area contributed by atoms with Gasteiger partial charge in [0.25, 0.3) is 5.91 Å². The smallest absolute Gasteiger partial charge is 0.255 e. The molecule has 2 heterocycles. The van der Waals surface area contributed by atoms with E-state index in [9.17, 15) is 4.79 Å². The van der Waals surface area contributed by atoms with E-state index in [1.165, 1.54) is 25.8 Å². The Morgan fingerprint density at radius 1 is 1.16 bits per heavy atom. The zero-order chi connectivity index (χ0) is 13.2. The zero-order valence-electron chi connectivity index (χ0n) is 11.1. The monoisotopic (exact) mass is 276 g/mol. The molecule has 3 nitrogen and oxygen atoms in total. The van der Waals surface area contributed by atoms with Gasteiger partial charge in [-0.05, 0) is 31.5 Å². The van der Waals surface area contributed by atoms with Gasteiger partial charge in [0, 0.05) is 30.6 Å². The predicted octanol–water partition coefficient (Wildman–Crippen LogP) is 2.29. The first-order valence-corrected chi connectivity index (χ1v) is 7.52. The molecule has 2 aliphatic rings. The minimum atomic E-state index is 0.135. The molecular formula is C15H20N2OS. The van der Waals surface area contributed by atoms with Gasteiger partial charge < -0.3 is 4.90 Å². The molecule has 2 fully saturated rings. The maximum atomic E-state index is 12.6. The van der Waals surface area contributed by atoms with Gasteiger partial charge in [0.15, 0.2) is 0 Å². The number of rotatable bonds is 1. The summed E-state index contributed by atoms with van der Waals surface area (Å²) in [6, 6.07) is 8.14. The van der Waals surface area contributed by atoms with Crippen LogP contribution >= 0.6 is 12.6 Å². The second-order valence-electron chi connectivity index (χ2n) is 5.45. The van der Waals surface area contributed by atoms with E-state index >= 15 is 0 Å². The maximum Gasteiger partial charge on any atom is 0.255 e. The van der Waals surface area contributed by atoms with Crippen LogP contribution in [0.5, 0.6) is 0 Å². The third-order valence-electron chi connectivity index (χ3n) is 4.26. The molecule has 2 aliphatic heterocycles. The Bertz CT molecular complexity index is 477. The molecule has 4 heteroatoms. The molecule has 0 N–H and O–H groups in total. The lowest BCUT2D eigenvalue weighted by Gasteiger charge is -2.44. The van der Waals surface area contributed by atoms with E-state index in [2.05, 4.69) is 17.5 Å². The third-order valence-corrected chi connectivity index (χ3v) is 4.65. The highest BCUT2D eigenvalue weighted by Gasteiger charge is 2.31. The molecule has 0 aromatic heterocycles. The Labute approximate surface area is 120 Å². The summed E-state index contributed by atoms with van der Waals surface area (Å²) in [6.45, 7) is 3.94.